The van der Waals surface area contributed by atoms with E-state index in [0.29, 0.717) is 11.8 Å². The molecule has 0 bridgehead atoms. The summed E-state index contributed by atoms with van der Waals surface area (Å²) in [4.78, 5) is 26.2. The topological polar surface area (TPSA) is 241 Å². The summed E-state index contributed by atoms with van der Waals surface area (Å²) in [6, 6.07) is 11.6. The predicted molar refractivity (Wildman–Crippen MR) is 133 cm³/mol. The van der Waals surface area contributed by atoms with Gasteiger partial charge in [-0.15, -0.1) is 10.2 Å². The molecule has 3 rings (SSSR count). The summed E-state index contributed by atoms with van der Waals surface area (Å²) in [6.07, 6.45) is 0.530. The van der Waals surface area contributed by atoms with E-state index in [0.717, 1.165) is 12.1 Å². The van der Waals surface area contributed by atoms with Gasteiger partial charge in [-0.2, -0.15) is 8.42 Å². The number of aromatic hydroxyl groups is 1. The van der Waals surface area contributed by atoms with E-state index in [1.165, 1.54) is 49.4 Å². The van der Waals surface area contributed by atoms with Gasteiger partial charge in [0.2, 0.25) is 0 Å². The molecule has 0 unspecified atom stereocenters. The Morgan fingerprint density at radius 1 is 1.08 bits per heavy atom. The third-order valence-electron chi connectivity index (χ3n) is 4.90. The molecular formula is C23H21CuN4O10S. The Kier molecular flexibility index (Phi) is 12.0. The number of carbonyl (C=O) groups is 2. The molecule has 16 heteroatoms. The van der Waals surface area contributed by atoms with Crippen molar-refractivity contribution < 1.29 is 65.5 Å². The minimum atomic E-state index is -4.61. The van der Waals surface area contributed by atoms with Crippen molar-refractivity contribution in [2.45, 2.75) is 18.4 Å². The van der Waals surface area contributed by atoms with E-state index < -0.39 is 26.7 Å². The zero-order valence-electron chi connectivity index (χ0n) is 19.8. The van der Waals surface area contributed by atoms with Crippen molar-refractivity contribution in [1.29, 1.82) is 0 Å². The third kappa shape index (κ3) is 8.49. The van der Waals surface area contributed by atoms with E-state index in [-0.39, 0.29) is 68.6 Å². The molecule has 0 spiro atoms. The molecule has 0 radical (unpaired) electrons. The summed E-state index contributed by atoms with van der Waals surface area (Å²) >= 11 is 0. The number of azo groups is 1. The Morgan fingerprint density at radius 3 is 2.28 bits per heavy atom. The number of aldehydes is 1. The number of amidine groups is 1. The van der Waals surface area contributed by atoms with E-state index in [1.54, 1.807) is 0 Å². The van der Waals surface area contributed by atoms with Gasteiger partial charge in [0.1, 0.15) is 12.4 Å². The minimum absolute atomic E-state index is 0. The first kappa shape index (κ1) is 33.0. The van der Waals surface area contributed by atoms with Crippen LogP contribution in [0.2, 0.25) is 0 Å². The van der Waals surface area contributed by atoms with Crippen LogP contribution in [0.15, 0.2) is 74.8 Å². The largest absolute Gasteiger partial charge is 1.00 e. The van der Waals surface area contributed by atoms with Crippen molar-refractivity contribution in [3.8, 4) is 5.75 Å². The summed E-state index contributed by atoms with van der Waals surface area (Å²) in [6.45, 7) is 1.21. The number of hydrogen-bond acceptors (Lipinski definition) is 9. The quantitative estimate of drug-likeness (QED) is 0.0403. The molecule has 6 N–H and O–H groups in total. The van der Waals surface area contributed by atoms with E-state index in [1.807, 2.05) is 0 Å². The fraction of sp³-hybridized carbons (Fsp3) is 0.0870. The van der Waals surface area contributed by atoms with Crippen LogP contribution >= 0.6 is 0 Å². The molecular weight excluding hydrogens is 588 g/mol. The van der Waals surface area contributed by atoms with Crippen LogP contribution in [-0.2, 0) is 38.7 Å². The van der Waals surface area contributed by atoms with Crippen molar-refractivity contribution in [2.24, 2.45) is 15.3 Å². The molecule has 3 aromatic carbocycles. The van der Waals surface area contributed by atoms with Crippen LogP contribution in [0, 0.1) is 6.92 Å². The second kappa shape index (κ2) is 14.2. The molecule has 0 aliphatic carbocycles. The molecule has 210 valence electrons. The number of phenols is 1. The fourth-order valence-corrected chi connectivity index (χ4v) is 3.58. The average molecular weight is 609 g/mol. The standard InChI is InChI=1S/C23H20N4O9S.Cu.H2O/c1-13-8-18(37(33,34)35)10-20(21(13)29)25-27-22(15-4-6-16(7-5-15)23(30)31)26-24-19-9-14(12-36-32)2-3-17(19)11-28;;/h2-11H,12H2,1H3,(H5,24,25,26,27,28,29,30,31,32,33,34,35);;1H2/q;+1;/p-1. The van der Waals surface area contributed by atoms with E-state index in [2.05, 4.69) is 25.6 Å². The van der Waals surface area contributed by atoms with Crippen LogP contribution in [0.1, 0.15) is 37.4 Å². The van der Waals surface area contributed by atoms with Crippen LogP contribution < -0.4 is 0 Å². The van der Waals surface area contributed by atoms with Crippen LogP contribution in [0.4, 0.5) is 11.4 Å². The molecule has 0 saturated heterocycles. The number of carboxylic acids is 1. The van der Waals surface area contributed by atoms with E-state index >= 15 is 0 Å². The Balaban J connectivity index is 0.00000380. The van der Waals surface area contributed by atoms with E-state index in [9.17, 15) is 27.7 Å². The number of rotatable bonds is 9. The van der Waals surface area contributed by atoms with Gasteiger partial charge in [-0.1, -0.05) is 30.0 Å². The van der Waals surface area contributed by atoms with Gasteiger partial charge >= 0.3 is 23.0 Å². The van der Waals surface area contributed by atoms with E-state index in [4.69, 9.17) is 10.4 Å². The van der Waals surface area contributed by atoms with Crippen LogP contribution in [0.5, 0.6) is 5.75 Å². The maximum absolute atomic E-state index is 11.6. The number of carboxylic acid groups (broad SMARTS) is 1. The number of nitrogens with zero attached hydrogens (tertiary/aromatic N) is 4. The van der Waals surface area contributed by atoms with Crippen molar-refractivity contribution in [3.05, 3.63) is 87.8 Å². The molecule has 14 nitrogen and oxygen atoms in total. The summed E-state index contributed by atoms with van der Waals surface area (Å²) in [5.41, 5.74) is 4.56. The van der Waals surface area contributed by atoms with Crippen molar-refractivity contribution >= 4 is 39.6 Å². The second-order valence-electron chi connectivity index (χ2n) is 7.47. The summed E-state index contributed by atoms with van der Waals surface area (Å²) in [5.74, 6) is -1.78. The van der Waals surface area contributed by atoms with Gasteiger partial charge in [-0.3, -0.25) is 14.6 Å². The zero-order chi connectivity index (χ0) is 27.2. The number of phenolic OH excluding ortho intramolecular Hbond substituents is 1. The molecule has 0 aromatic heterocycles. The van der Waals surface area contributed by atoms with Gasteiger partial charge in [-0.25, -0.2) is 9.68 Å². The van der Waals surface area contributed by atoms with Gasteiger partial charge in [0.25, 0.3) is 10.1 Å². The number of hydrogen-bond donors (Lipinski definition) is 4. The summed E-state index contributed by atoms with van der Waals surface area (Å²) < 4.78 is 32.5. The number of aromatic carboxylic acids is 1. The number of carbonyl (C=O) groups excluding carboxylic acids is 1. The summed E-state index contributed by atoms with van der Waals surface area (Å²) in [7, 11) is -4.61. The van der Waals surface area contributed by atoms with Gasteiger partial charge in [-0.05, 0) is 48.4 Å². The Hall–Kier alpha value is -4.02. The van der Waals surface area contributed by atoms with Gasteiger partial charge in [0, 0.05) is 11.1 Å². The summed E-state index contributed by atoms with van der Waals surface area (Å²) in [5, 5.41) is 40.1. The van der Waals surface area contributed by atoms with Crippen molar-refractivity contribution in [2.75, 3.05) is 0 Å². The normalized spacial score (nSPS) is 11.4. The Labute approximate surface area is 232 Å². The van der Waals surface area contributed by atoms with Gasteiger partial charge < -0.3 is 26.2 Å². The second-order valence-corrected chi connectivity index (χ2v) is 8.90. The Morgan fingerprint density at radius 2 is 1.72 bits per heavy atom. The molecule has 39 heavy (non-hydrogen) atoms. The monoisotopic (exact) mass is 608 g/mol. The minimum Gasteiger partial charge on any atom is -0.571 e. The Bertz CT molecular complexity index is 1510. The molecule has 0 amide bonds. The van der Waals surface area contributed by atoms with Crippen molar-refractivity contribution in [3.63, 3.8) is 0 Å². The average Bonchev–Trinajstić information content (AvgIpc) is 2.86. The maximum Gasteiger partial charge on any atom is 1.00 e. The maximum atomic E-state index is 11.6. The molecule has 3 aromatic rings. The smallest absolute Gasteiger partial charge is 0.571 e. The first-order chi connectivity index (χ1) is 17.5. The van der Waals surface area contributed by atoms with Gasteiger partial charge in [0.05, 0.1) is 16.1 Å². The SMILES string of the molecule is Cc1cc(S(=O)(=O)O)cc([N-]N=C(N=Nc2cc(COO)ccc2C=O)c2ccc(C(=O)O)cc2)c1O.O.[Cu+]. The molecule has 0 atom stereocenters. The van der Waals surface area contributed by atoms with Crippen LogP contribution in [0.25, 0.3) is 5.43 Å². The molecule has 0 aliphatic rings. The van der Waals surface area contributed by atoms with Crippen molar-refractivity contribution in [1.82, 2.24) is 0 Å². The first-order valence-corrected chi connectivity index (χ1v) is 11.7. The fourth-order valence-electron chi connectivity index (χ4n) is 2.99. The number of benzene rings is 3. The number of aryl methyl sites for hydroxylation is 1. The van der Waals surface area contributed by atoms with Gasteiger partial charge in [0.15, 0.2) is 12.1 Å². The van der Waals surface area contributed by atoms with Crippen LogP contribution in [-0.4, -0.2) is 52.0 Å². The molecule has 0 fully saturated rings. The van der Waals surface area contributed by atoms with Crippen LogP contribution in [0.3, 0.4) is 0 Å². The molecule has 0 heterocycles. The first-order valence-electron chi connectivity index (χ1n) is 10.2. The third-order valence-corrected chi connectivity index (χ3v) is 5.73. The predicted octanol–water partition coefficient (Wildman–Crippen LogP) is 3.77. The zero-order valence-corrected chi connectivity index (χ0v) is 21.6. The molecule has 0 aliphatic heterocycles. The molecule has 0 saturated carbocycles.